The summed E-state index contributed by atoms with van der Waals surface area (Å²) < 4.78 is 0. The summed E-state index contributed by atoms with van der Waals surface area (Å²) in [7, 11) is 0. The van der Waals surface area contributed by atoms with Gasteiger partial charge in [-0.1, -0.05) is 31.9 Å². The van der Waals surface area contributed by atoms with Crippen LogP contribution in [-0.4, -0.2) is 0 Å². The maximum Gasteiger partial charge on any atom is -0.0348 e. The standard InChI is InChI=1S/C9H17/c1-4-6-7-8-9(3)5-2/h8H,1,4-7H2,2-3H3/b9-8-. The maximum absolute atomic E-state index is 3.78. The van der Waals surface area contributed by atoms with E-state index in [-0.39, 0.29) is 0 Å². The zero-order valence-electron chi connectivity index (χ0n) is 6.61. The Kier molecular flexibility index (Phi) is 5.70. The van der Waals surface area contributed by atoms with E-state index in [1.807, 2.05) is 0 Å². The van der Waals surface area contributed by atoms with Crippen molar-refractivity contribution in [2.75, 3.05) is 0 Å². The van der Waals surface area contributed by atoms with Gasteiger partial charge in [-0.25, -0.2) is 0 Å². The lowest BCUT2D eigenvalue weighted by atomic mass is 10.1. The predicted octanol–water partition coefficient (Wildman–Crippen LogP) is 3.35. The van der Waals surface area contributed by atoms with E-state index in [9.17, 15) is 0 Å². The number of unbranched alkanes of at least 4 members (excludes halogenated alkanes) is 2. The Morgan fingerprint density at radius 2 is 2.22 bits per heavy atom. The minimum Gasteiger partial charge on any atom is -0.0856 e. The molecular formula is C9H17. The molecule has 0 fully saturated rings. The zero-order chi connectivity index (χ0) is 7.11. The third kappa shape index (κ3) is 5.61. The van der Waals surface area contributed by atoms with Gasteiger partial charge in [-0.15, -0.1) is 0 Å². The molecular weight excluding hydrogens is 108 g/mol. The first-order chi connectivity index (χ1) is 4.31. The van der Waals surface area contributed by atoms with Crippen LogP contribution in [0.25, 0.3) is 0 Å². The molecule has 0 aliphatic heterocycles. The van der Waals surface area contributed by atoms with Gasteiger partial charge in [0.15, 0.2) is 0 Å². The smallest absolute Gasteiger partial charge is 0.0348 e. The average Bonchev–Trinajstić information content (AvgIpc) is 1.89. The molecule has 0 saturated carbocycles. The van der Waals surface area contributed by atoms with E-state index in [0.29, 0.717) is 0 Å². The Labute approximate surface area is 59.0 Å². The van der Waals surface area contributed by atoms with Crippen LogP contribution in [0, 0.1) is 6.92 Å². The first-order valence-corrected chi connectivity index (χ1v) is 3.76. The monoisotopic (exact) mass is 125 g/mol. The Morgan fingerprint density at radius 1 is 1.56 bits per heavy atom. The molecule has 0 aromatic heterocycles. The van der Waals surface area contributed by atoms with Crippen molar-refractivity contribution in [1.82, 2.24) is 0 Å². The Balaban J connectivity index is 3.21. The van der Waals surface area contributed by atoms with Gasteiger partial charge in [-0.05, 0) is 26.2 Å². The highest BCUT2D eigenvalue weighted by molar-refractivity contribution is 4.96. The lowest BCUT2D eigenvalue weighted by molar-refractivity contribution is 0.855. The topological polar surface area (TPSA) is 0 Å². The quantitative estimate of drug-likeness (QED) is 0.399. The highest BCUT2D eigenvalue weighted by atomic mass is 13.9. The van der Waals surface area contributed by atoms with Gasteiger partial charge in [-0.2, -0.15) is 0 Å². The van der Waals surface area contributed by atoms with E-state index in [1.54, 1.807) is 0 Å². The van der Waals surface area contributed by atoms with Crippen LogP contribution in [-0.2, 0) is 0 Å². The summed E-state index contributed by atoms with van der Waals surface area (Å²) in [6.45, 7) is 8.15. The molecule has 0 saturated heterocycles. The van der Waals surface area contributed by atoms with Gasteiger partial charge in [0, 0.05) is 0 Å². The molecule has 0 heteroatoms. The lowest BCUT2D eigenvalue weighted by Gasteiger charge is -1.93. The van der Waals surface area contributed by atoms with Gasteiger partial charge in [0.25, 0.3) is 0 Å². The molecule has 0 aromatic rings. The molecule has 53 valence electrons. The van der Waals surface area contributed by atoms with Crippen LogP contribution in [0.1, 0.15) is 39.5 Å². The fourth-order valence-electron chi connectivity index (χ4n) is 0.637. The van der Waals surface area contributed by atoms with E-state index >= 15 is 0 Å². The van der Waals surface area contributed by atoms with Crippen molar-refractivity contribution in [3.8, 4) is 0 Å². The van der Waals surface area contributed by atoms with Gasteiger partial charge in [0.05, 0.1) is 0 Å². The minimum absolute atomic E-state index is 1.06. The Bertz CT molecular complexity index is 80.0. The molecule has 1 radical (unpaired) electrons. The van der Waals surface area contributed by atoms with Crippen LogP contribution < -0.4 is 0 Å². The van der Waals surface area contributed by atoms with E-state index < -0.39 is 0 Å². The predicted molar refractivity (Wildman–Crippen MR) is 43.3 cm³/mol. The summed E-state index contributed by atoms with van der Waals surface area (Å²) in [6, 6.07) is 0. The molecule has 0 spiro atoms. The molecule has 9 heavy (non-hydrogen) atoms. The van der Waals surface area contributed by atoms with Crippen molar-refractivity contribution in [2.45, 2.75) is 39.5 Å². The molecule has 0 amide bonds. The van der Waals surface area contributed by atoms with E-state index in [0.717, 1.165) is 6.42 Å². The van der Waals surface area contributed by atoms with E-state index in [2.05, 4.69) is 26.8 Å². The highest BCUT2D eigenvalue weighted by Gasteiger charge is 1.82. The third-order valence-corrected chi connectivity index (χ3v) is 1.50. The van der Waals surface area contributed by atoms with Crippen molar-refractivity contribution in [3.63, 3.8) is 0 Å². The van der Waals surface area contributed by atoms with Crippen molar-refractivity contribution >= 4 is 0 Å². The fourth-order valence-corrected chi connectivity index (χ4v) is 0.637. The lowest BCUT2D eigenvalue weighted by Crippen LogP contribution is -1.72. The summed E-state index contributed by atoms with van der Waals surface area (Å²) in [4.78, 5) is 0. The van der Waals surface area contributed by atoms with Gasteiger partial charge in [0.2, 0.25) is 0 Å². The molecule has 0 unspecified atom stereocenters. The van der Waals surface area contributed by atoms with E-state index in [4.69, 9.17) is 0 Å². The van der Waals surface area contributed by atoms with Crippen LogP contribution in [0.4, 0.5) is 0 Å². The second kappa shape index (κ2) is 5.87. The summed E-state index contributed by atoms with van der Waals surface area (Å²) >= 11 is 0. The summed E-state index contributed by atoms with van der Waals surface area (Å²) in [6.07, 6.45) is 7.01. The first-order valence-electron chi connectivity index (χ1n) is 3.76. The van der Waals surface area contributed by atoms with E-state index in [1.165, 1.54) is 24.8 Å². The Hall–Kier alpha value is -0.260. The summed E-state index contributed by atoms with van der Waals surface area (Å²) in [5.74, 6) is 0. The van der Waals surface area contributed by atoms with Crippen LogP contribution >= 0.6 is 0 Å². The molecule has 0 aliphatic carbocycles. The van der Waals surface area contributed by atoms with Crippen LogP contribution in [0.5, 0.6) is 0 Å². The van der Waals surface area contributed by atoms with Crippen LogP contribution in [0.3, 0.4) is 0 Å². The van der Waals surface area contributed by atoms with Crippen LogP contribution in [0.2, 0.25) is 0 Å². The molecule has 0 atom stereocenters. The van der Waals surface area contributed by atoms with Crippen LogP contribution in [0.15, 0.2) is 11.6 Å². The maximum atomic E-state index is 3.78. The van der Waals surface area contributed by atoms with Gasteiger partial charge in [-0.3, -0.25) is 0 Å². The third-order valence-electron chi connectivity index (χ3n) is 1.50. The van der Waals surface area contributed by atoms with Crippen molar-refractivity contribution in [2.24, 2.45) is 0 Å². The molecule has 0 aromatic carbocycles. The highest BCUT2D eigenvalue weighted by Crippen LogP contribution is 2.02. The molecule has 0 nitrogen and oxygen atoms in total. The second-order valence-electron chi connectivity index (χ2n) is 2.40. The molecule has 0 rings (SSSR count). The number of rotatable bonds is 4. The summed E-state index contributed by atoms with van der Waals surface area (Å²) in [5.41, 5.74) is 1.50. The van der Waals surface area contributed by atoms with Gasteiger partial charge in [0.1, 0.15) is 0 Å². The molecule has 0 aliphatic rings. The largest absolute Gasteiger partial charge is 0.0856 e. The van der Waals surface area contributed by atoms with Crippen molar-refractivity contribution < 1.29 is 0 Å². The van der Waals surface area contributed by atoms with Crippen molar-refractivity contribution in [1.29, 1.82) is 0 Å². The normalized spacial score (nSPS) is 12.1. The van der Waals surface area contributed by atoms with Gasteiger partial charge < -0.3 is 0 Å². The average molecular weight is 125 g/mol. The molecule has 0 bridgehead atoms. The number of allylic oxidation sites excluding steroid dienone is 2. The summed E-state index contributed by atoms with van der Waals surface area (Å²) in [5, 5.41) is 0. The first kappa shape index (κ1) is 8.74. The minimum atomic E-state index is 1.06. The molecule has 0 N–H and O–H groups in total. The zero-order valence-corrected chi connectivity index (χ0v) is 6.61. The number of hydrogen-bond donors (Lipinski definition) is 0. The Morgan fingerprint density at radius 3 is 2.67 bits per heavy atom. The second-order valence-corrected chi connectivity index (χ2v) is 2.40. The van der Waals surface area contributed by atoms with Crippen molar-refractivity contribution in [3.05, 3.63) is 18.6 Å². The molecule has 0 heterocycles. The SMILES string of the molecule is [CH2]CCC/C=C(/C)CC. The number of hydrogen-bond acceptors (Lipinski definition) is 0. The fraction of sp³-hybridized carbons (Fsp3) is 0.667. The van der Waals surface area contributed by atoms with Gasteiger partial charge >= 0.3 is 0 Å².